The molecule has 0 unspecified atom stereocenters. The summed E-state index contributed by atoms with van der Waals surface area (Å²) in [6.07, 6.45) is 2.92. The van der Waals surface area contributed by atoms with Crippen molar-refractivity contribution in [2.24, 2.45) is 5.92 Å². The molecule has 0 radical (unpaired) electrons. The maximum Gasteiger partial charge on any atom is 0.143 e. The van der Waals surface area contributed by atoms with Gasteiger partial charge in [-0.3, -0.25) is 4.79 Å². The van der Waals surface area contributed by atoms with E-state index in [1.807, 2.05) is 30.3 Å². The molecule has 1 aromatic rings. The minimum absolute atomic E-state index is 0.370. The minimum Gasteiger partial charge on any atom is -0.299 e. The lowest BCUT2D eigenvalue weighted by molar-refractivity contribution is -0.116. The molecule has 0 aliphatic rings. The Morgan fingerprint density at radius 1 is 1.25 bits per heavy atom. The van der Waals surface area contributed by atoms with Gasteiger partial charge in [0.25, 0.3) is 0 Å². The molecule has 1 nitrogen and oxygen atoms in total. The van der Waals surface area contributed by atoms with Crippen LogP contribution < -0.4 is 0 Å². The van der Waals surface area contributed by atoms with Crippen LogP contribution in [0.15, 0.2) is 35.2 Å². The van der Waals surface area contributed by atoms with Gasteiger partial charge in [-0.25, -0.2) is 0 Å². The molecule has 0 amide bonds. The quantitative estimate of drug-likeness (QED) is 0.661. The largest absolute Gasteiger partial charge is 0.299 e. The number of carbonyl (C=O) groups excluding carboxylic acids is 1. The van der Waals surface area contributed by atoms with Crippen LogP contribution in [-0.4, -0.2) is 11.5 Å². The Hall–Kier alpha value is -0.760. The third-order valence-electron chi connectivity index (χ3n) is 2.38. The van der Waals surface area contributed by atoms with Crippen LogP contribution in [0.3, 0.4) is 0 Å². The second-order valence-electron chi connectivity index (χ2n) is 4.43. The summed E-state index contributed by atoms with van der Waals surface area (Å²) in [6.45, 7) is 4.40. The number of ketones is 1. The minimum atomic E-state index is 0.370. The molecule has 1 rings (SSSR count). The van der Waals surface area contributed by atoms with E-state index in [-0.39, 0.29) is 0 Å². The Morgan fingerprint density at radius 2 is 1.94 bits per heavy atom. The lowest BCUT2D eigenvalue weighted by Gasteiger charge is -2.04. The highest BCUT2D eigenvalue weighted by Crippen LogP contribution is 2.18. The number of benzene rings is 1. The smallest absolute Gasteiger partial charge is 0.143 e. The highest BCUT2D eigenvalue weighted by Gasteiger charge is 2.03. The van der Waals surface area contributed by atoms with Gasteiger partial charge in [0.2, 0.25) is 0 Å². The molecular weight excluding hydrogens is 216 g/mol. The van der Waals surface area contributed by atoms with Crippen LogP contribution in [-0.2, 0) is 4.79 Å². The van der Waals surface area contributed by atoms with Crippen LogP contribution in [0.5, 0.6) is 0 Å². The van der Waals surface area contributed by atoms with E-state index in [2.05, 4.69) is 13.8 Å². The van der Waals surface area contributed by atoms with Crippen LogP contribution in [0.2, 0.25) is 0 Å². The molecule has 2 heteroatoms. The van der Waals surface area contributed by atoms with Crippen molar-refractivity contribution in [3.8, 4) is 0 Å². The van der Waals surface area contributed by atoms with E-state index in [0.717, 1.165) is 19.3 Å². The average Bonchev–Trinajstić information content (AvgIpc) is 2.27. The van der Waals surface area contributed by atoms with Crippen molar-refractivity contribution in [3.63, 3.8) is 0 Å². The van der Waals surface area contributed by atoms with Gasteiger partial charge in [0.15, 0.2) is 0 Å². The first kappa shape index (κ1) is 13.3. The standard InChI is InChI=1S/C14H20OS/c1-12(2)7-6-8-13(15)11-16-14-9-4-3-5-10-14/h3-5,9-10,12H,6-8,11H2,1-2H3. The highest BCUT2D eigenvalue weighted by atomic mass is 32.2. The molecule has 0 spiro atoms. The van der Waals surface area contributed by atoms with Gasteiger partial charge in [-0.15, -0.1) is 11.8 Å². The Balaban J connectivity index is 2.16. The molecule has 0 bridgehead atoms. The van der Waals surface area contributed by atoms with Gasteiger partial charge in [0.05, 0.1) is 5.75 Å². The number of hydrogen-bond acceptors (Lipinski definition) is 2. The van der Waals surface area contributed by atoms with Crippen LogP contribution in [0.4, 0.5) is 0 Å². The normalized spacial score (nSPS) is 10.7. The molecule has 0 saturated heterocycles. The van der Waals surface area contributed by atoms with E-state index >= 15 is 0 Å². The first-order valence-corrected chi connectivity index (χ1v) is 6.86. The van der Waals surface area contributed by atoms with E-state index < -0.39 is 0 Å². The molecule has 0 saturated carbocycles. The monoisotopic (exact) mass is 236 g/mol. The van der Waals surface area contributed by atoms with Gasteiger partial charge >= 0.3 is 0 Å². The molecular formula is C14H20OS. The Kier molecular flexibility index (Phi) is 6.24. The van der Waals surface area contributed by atoms with Crippen molar-refractivity contribution in [1.82, 2.24) is 0 Å². The first-order chi connectivity index (χ1) is 7.68. The lowest BCUT2D eigenvalue weighted by atomic mass is 10.1. The van der Waals surface area contributed by atoms with E-state index in [9.17, 15) is 4.79 Å². The topological polar surface area (TPSA) is 17.1 Å². The van der Waals surface area contributed by atoms with Gasteiger partial charge in [0.1, 0.15) is 5.78 Å². The number of carbonyl (C=O) groups is 1. The summed E-state index contributed by atoms with van der Waals surface area (Å²) in [7, 11) is 0. The Morgan fingerprint density at radius 3 is 2.56 bits per heavy atom. The predicted octanol–water partition coefficient (Wildman–Crippen LogP) is 4.17. The van der Waals surface area contributed by atoms with Crippen molar-refractivity contribution in [1.29, 1.82) is 0 Å². The fourth-order valence-corrected chi connectivity index (χ4v) is 2.28. The second-order valence-corrected chi connectivity index (χ2v) is 5.48. The maximum absolute atomic E-state index is 11.6. The molecule has 0 atom stereocenters. The van der Waals surface area contributed by atoms with Gasteiger partial charge < -0.3 is 0 Å². The number of thioether (sulfide) groups is 1. The molecule has 0 heterocycles. The summed E-state index contributed by atoms with van der Waals surface area (Å²) >= 11 is 1.64. The molecule has 0 aliphatic heterocycles. The van der Waals surface area contributed by atoms with Gasteiger partial charge in [0, 0.05) is 11.3 Å². The van der Waals surface area contributed by atoms with E-state index in [1.165, 1.54) is 4.90 Å². The molecule has 16 heavy (non-hydrogen) atoms. The molecule has 0 fully saturated rings. The van der Waals surface area contributed by atoms with Crippen molar-refractivity contribution in [2.75, 3.05) is 5.75 Å². The van der Waals surface area contributed by atoms with Gasteiger partial charge in [-0.1, -0.05) is 38.5 Å². The van der Waals surface area contributed by atoms with Crippen LogP contribution in [0.25, 0.3) is 0 Å². The second kappa shape index (κ2) is 7.50. The first-order valence-electron chi connectivity index (χ1n) is 5.88. The summed E-state index contributed by atoms with van der Waals surface area (Å²) in [5.41, 5.74) is 0. The summed E-state index contributed by atoms with van der Waals surface area (Å²) in [5.74, 6) is 1.69. The molecule has 0 aliphatic carbocycles. The summed E-state index contributed by atoms with van der Waals surface area (Å²) in [5, 5.41) is 0. The summed E-state index contributed by atoms with van der Waals surface area (Å²) in [6, 6.07) is 10.1. The zero-order valence-electron chi connectivity index (χ0n) is 10.1. The van der Waals surface area contributed by atoms with Crippen LogP contribution in [0, 0.1) is 5.92 Å². The number of Topliss-reactive ketones (excluding diaryl/α,β-unsaturated/α-hetero) is 1. The molecule has 0 N–H and O–H groups in total. The Bertz CT molecular complexity index is 306. The zero-order valence-corrected chi connectivity index (χ0v) is 10.9. The highest BCUT2D eigenvalue weighted by molar-refractivity contribution is 8.00. The van der Waals surface area contributed by atoms with Crippen molar-refractivity contribution in [3.05, 3.63) is 30.3 Å². The average molecular weight is 236 g/mol. The molecule has 88 valence electrons. The number of rotatable bonds is 7. The number of hydrogen-bond donors (Lipinski definition) is 0. The fraction of sp³-hybridized carbons (Fsp3) is 0.500. The lowest BCUT2D eigenvalue weighted by Crippen LogP contribution is -2.01. The van der Waals surface area contributed by atoms with E-state index in [1.54, 1.807) is 11.8 Å². The summed E-state index contributed by atoms with van der Waals surface area (Å²) < 4.78 is 0. The van der Waals surface area contributed by atoms with E-state index in [4.69, 9.17) is 0 Å². The van der Waals surface area contributed by atoms with Gasteiger partial charge in [-0.2, -0.15) is 0 Å². The Labute approximate surface area is 103 Å². The van der Waals surface area contributed by atoms with Crippen LogP contribution >= 0.6 is 11.8 Å². The SMILES string of the molecule is CC(C)CCCC(=O)CSc1ccccc1. The van der Waals surface area contributed by atoms with Crippen molar-refractivity contribution in [2.45, 2.75) is 38.0 Å². The van der Waals surface area contributed by atoms with Gasteiger partial charge in [-0.05, 0) is 24.5 Å². The third-order valence-corrected chi connectivity index (χ3v) is 3.45. The maximum atomic E-state index is 11.6. The van der Waals surface area contributed by atoms with Crippen molar-refractivity contribution >= 4 is 17.5 Å². The third kappa shape index (κ3) is 5.96. The predicted molar refractivity (Wildman–Crippen MR) is 70.9 cm³/mol. The zero-order chi connectivity index (χ0) is 11.8. The summed E-state index contributed by atoms with van der Waals surface area (Å²) in [4.78, 5) is 12.8. The van der Waals surface area contributed by atoms with E-state index in [0.29, 0.717) is 17.5 Å². The molecule has 1 aromatic carbocycles. The van der Waals surface area contributed by atoms with Crippen molar-refractivity contribution < 1.29 is 4.79 Å². The van der Waals surface area contributed by atoms with Crippen LogP contribution in [0.1, 0.15) is 33.1 Å². The molecule has 0 aromatic heterocycles. The fourth-order valence-electron chi connectivity index (χ4n) is 1.46.